The number of nitrogens with zero attached hydrogens (tertiary/aromatic N) is 3. The van der Waals surface area contributed by atoms with Crippen LogP contribution in [0.4, 0.5) is 16.2 Å². The molecule has 0 radical (unpaired) electrons. The van der Waals surface area contributed by atoms with Crippen LogP contribution in [0.1, 0.15) is 60.5 Å². The summed E-state index contributed by atoms with van der Waals surface area (Å²) >= 11 is 0. The van der Waals surface area contributed by atoms with Gasteiger partial charge in [0.25, 0.3) is 0 Å². The molecule has 0 aliphatic carbocycles. The third-order valence-electron chi connectivity index (χ3n) is 9.47. The summed E-state index contributed by atoms with van der Waals surface area (Å²) in [6.07, 6.45) is 6.22. The summed E-state index contributed by atoms with van der Waals surface area (Å²) < 4.78 is 0. The van der Waals surface area contributed by atoms with E-state index in [1.54, 1.807) is 11.9 Å². The maximum atomic E-state index is 14.1. The lowest BCUT2D eigenvalue weighted by atomic mass is 9.98. The second-order valence-corrected chi connectivity index (χ2v) is 13.2. The Bertz CT molecular complexity index is 1700. The lowest BCUT2D eigenvalue weighted by Gasteiger charge is -2.35. The summed E-state index contributed by atoms with van der Waals surface area (Å²) in [6, 6.07) is 32.2. The van der Waals surface area contributed by atoms with Gasteiger partial charge >= 0.3 is 6.03 Å². The zero-order valence-electron chi connectivity index (χ0n) is 29.7. The number of piperazine rings is 1. The molecule has 1 aliphatic rings. The summed E-state index contributed by atoms with van der Waals surface area (Å²) in [7, 11) is 3.87. The standard InChI is InChI=1S/C42H51N5O3/c1-4-5-6-7-13-25-43-42(50)46(3)36-18-14-17-35(31-36)33-23-21-32(22-24-33)30-39(41(49)47-28-26-45(2)27-29-47)44-38-20-12-11-19-37(38)40(48)34-15-9-8-10-16-34/h8-12,14-24,31,39,44H,4-7,13,25-30H2,1-3H3,(H,43,50). The molecule has 1 atom stereocenters. The van der Waals surface area contributed by atoms with Crippen molar-refractivity contribution in [2.24, 2.45) is 0 Å². The number of hydrogen-bond acceptors (Lipinski definition) is 5. The first-order valence-corrected chi connectivity index (χ1v) is 18.0. The van der Waals surface area contributed by atoms with Crippen molar-refractivity contribution in [3.8, 4) is 11.1 Å². The Morgan fingerprint density at radius 3 is 2.20 bits per heavy atom. The second kappa shape index (κ2) is 18.2. The Morgan fingerprint density at radius 1 is 0.760 bits per heavy atom. The van der Waals surface area contributed by atoms with Gasteiger partial charge in [0.05, 0.1) is 0 Å². The largest absolute Gasteiger partial charge is 0.373 e. The van der Waals surface area contributed by atoms with E-state index >= 15 is 0 Å². The predicted octanol–water partition coefficient (Wildman–Crippen LogP) is 7.50. The van der Waals surface area contributed by atoms with Crippen LogP contribution in [-0.2, 0) is 11.2 Å². The first-order valence-electron chi connectivity index (χ1n) is 18.0. The third-order valence-corrected chi connectivity index (χ3v) is 9.47. The molecular weight excluding hydrogens is 622 g/mol. The van der Waals surface area contributed by atoms with Crippen molar-refractivity contribution >= 4 is 29.1 Å². The number of rotatable bonds is 15. The average molecular weight is 674 g/mol. The number of anilines is 2. The van der Waals surface area contributed by atoms with Gasteiger partial charge in [0, 0.05) is 68.7 Å². The highest BCUT2D eigenvalue weighted by molar-refractivity contribution is 6.12. The molecule has 2 N–H and O–H groups in total. The number of benzene rings is 4. The summed E-state index contributed by atoms with van der Waals surface area (Å²) in [4.78, 5) is 46.2. The topological polar surface area (TPSA) is 85.0 Å². The number of para-hydroxylation sites is 1. The Balaban J connectivity index is 1.30. The van der Waals surface area contributed by atoms with Crippen LogP contribution < -0.4 is 15.5 Å². The molecule has 0 spiro atoms. The molecule has 262 valence electrons. The maximum absolute atomic E-state index is 14.1. The summed E-state index contributed by atoms with van der Waals surface area (Å²) in [5, 5.41) is 6.53. The van der Waals surface area contributed by atoms with Crippen molar-refractivity contribution < 1.29 is 14.4 Å². The first kappa shape index (κ1) is 36.3. The van der Waals surface area contributed by atoms with Crippen LogP contribution in [0.15, 0.2) is 103 Å². The fraction of sp³-hybridized carbons (Fsp3) is 0.357. The molecule has 0 saturated carbocycles. The molecule has 4 aromatic rings. The highest BCUT2D eigenvalue weighted by Gasteiger charge is 2.28. The number of amides is 3. The van der Waals surface area contributed by atoms with Gasteiger partial charge in [-0.2, -0.15) is 0 Å². The minimum absolute atomic E-state index is 0.0270. The number of likely N-dealkylation sites (N-methyl/N-ethyl adjacent to an activating group) is 1. The molecule has 1 unspecified atom stereocenters. The van der Waals surface area contributed by atoms with E-state index < -0.39 is 6.04 Å². The zero-order chi connectivity index (χ0) is 35.3. The monoisotopic (exact) mass is 673 g/mol. The SMILES string of the molecule is CCCCCCCNC(=O)N(C)c1cccc(-c2ccc(CC(Nc3ccccc3C(=O)c3ccccc3)C(=O)N3CCN(C)CC3)cc2)c1. The Morgan fingerprint density at radius 2 is 1.46 bits per heavy atom. The van der Waals surface area contributed by atoms with Crippen molar-refractivity contribution in [1.82, 2.24) is 15.1 Å². The Hall–Kier alpha value is -4.95. The van der Waals surface area contributed by atoms with Crippen molar-refractivity contribution in [3.63, 3.8) is 0 Å². The molecule has 8 heteroatoms. The van der Waals surface area contributed by atoms with Gasteiger partial charge < -0.3 is 20.4 Å². The molecule has 1 saturated heterocycles. The van der Waals surface area contributed by atoms with E-state index in [4.69, 9.17) is 0 Å². The molecule has 4 aromatic carbocycles. The van der Waals surface area contributed by atoms with Gasteiger partial charge in [-0.05, 0) is 54.4 Å². The van der Waals surface area contributed by atoms with Crippen LogP contribution >= 0.6 is 0 Å². The van der Waals surface area contributed by atoms with Gasteiger partial charge in [0.2, 0.25) is 5.91 Å². The Kier molecular flexibility index (Phi) is 13.2. The fourth-order valence-electron chi connectivity index (χ4n) is 6.31. The quantitative estimate of drug-likeness (QED) is 0.101. The zero-order valence-corrected chi connectivity index (χ0v) is 29.7. The Labute approximate surface area is 297 Å². The molecule has 8 nitrogen and oxygen atoms in total. The van der Waals surface area contributed by atoms with E-state index in [2.05, 4.69) is 53.8 Å². The molecule has 0 aromatic heterocycles. The number of carbonyl (C=O) groups is 3. The summed E-state index contributed by atoms with van der Waals surface area (Å²) in [5.74, 6) is -0.0595. The fourth-order valence-corrected chi connectivity index (χ4v) is 6.31. The molecule has 1 fully saturated rings. The number of urea groups is 1. The maximum Gasteiger partial charge on any atom is 0.321 e. The van der Waals surface area contributed by atoms with Crippen molar-refractivity contribution in [2.45, 2.75) is 51.5 Å². The number of nitrogens with one attached hydrogen (secondary N) is 2. The van der Waals surface area contributed by atoms with Gasteiger partial charge in [-0.25, -0.2) is 4.79 Å². The smallest absolute Gasteiger partial charge is 0.321 e. The van der Waals surface area contributed by atoms with Gasteiger partial charge in [0.15, 0.2) is 5.78 Å². The number of carbonyl (C=O) groups excluding carboxylic acids is 3. The van der Waals surface area contributed by atoms with Crippen LogP contribution in [0.2, 0.25) is 0 Å². The molecule has 5 rings (SSSR count). The minimum atomic E-state index is -0.559. The van der Waals surface area contributed by atoms with E-state index in [0.717, 1.165) is 48.3 Å². The van der Waals surface area contributed by atoms with E-state index in [1.807, 2.05) is 83.8 Å². The van der Waals surface area contributed by atoms with Gasteiger partial charge in [-0.15, -0.1) is 0 Å². The molecule has 0 bridgehead atoms. The third kappa shape index (κ3) is 9.82. The van der Waals surface area contributed by atoms with E-state index in [0.29, 0.717) is 42.9 Å². The van der Waals surface area contributed by atoms with Crippen LogP contribution in [0.25, 0.3) is 11.1 Å². The molecule has 1 aliphatic heterocycles. The van der Waals surface area contributed by atoms with Crippen LogP contribution in [0.3, 0.4) is 0 Å². The lowest BCUT2D eigenvalue weighted by molar-refractivity contribution is -0.133. The molecule has 3 amide bonds. The van der Waals surface area contributed by atoms with Crippen LogP contribution in [-0.4, -0.2) is 80.4 Å². The number of unbranched alkanes of at least 4 members (excludes halogenated alkanes) is 4. The first-order chi connectivity index (χ1) is 24.3. The number of ketones is 1. The highest BCUT2D eigenvalue weighted by atomic mass is 16.2. The van der Waals surface area contributed by atoms with Gasteiger partial charge in [-0.1, -0.05) is 111 Å². The summed E-state index contributed by atoms with van der Waals surface area (Å²) in [5.41, 5.74) is 5.64. The van der Waals surface area contributed by atoms with Crippen molar-refractivity contribution in [3.05, 3.63) is 120 Å². The lowest BCUT2D eigenvalue weighted by Crippen LogP contribution is -2.52. The van der Waals surface area contributed by atoms with Gasteiger partial charge in [-0.3, -0.25) is 14.5 Å². The molecular formula is C42H51N5O3. The highest BCUT2D eigenvalue weighted by Crippen LogP contribution is 2.26. The molecule has 50 heavy (non-hydrogen) atoms. The predicted molar refractivity (Wildman–Crippen MR) is 204 cm³/mol. The average Bonchev–Trinajstić information content (AvgIpc) is 3.16. The van der Waals surface area contributed by atoms with Crippen molar-refractivity contribution in [1.29, 1.82) is 0 Å². The van der Waals surface area contributed by atoms with E-state index in [-0.39, 0.29) is 17.7 Å². The second-order valence-electron chi connectivity index (χ2n) is 13.2. The normalized spacial score (nSPS) is 13.8. The van der Waals surface area contributed by atoms with Crippen molar-refractivity contribution in [2.75, 3.05) is 57.0 Å². The van der Waals surface area contributed by atoms with Crippen LogP contribution in [0.5, 0.6) is 0 Å². The molecule has 1 heterocycles. The summed E-state index contributed by atoms with van der Waals surface area (Å²) in [6.45, 7) is 5.86. The number of hydrogen-bond donors (Lipinski definition) is 2. The van der Waals surface area contributed by atoms with E-state index in [9.17, 15) is 14.4 Å². The van der Waals surface area contributed by atoms with E-state index in [1.165, 1.54) is 19.3 Å². The van der Waals surface area contributed by atoms with Gasteiger partial charge in [0.1, 0.15) is 6.04 Å². The minimum Gasteiger partial charge on any atom is -0.373 e. The van der Waals surface area contributed by atoms with Crippen LogP contribution in [0, 0.1) is 0 Å².